The number of carbonyl (C=O) groups is 1. The van der Waals surface area contributed by atoms with Crippen molar-refractivity contribution in [2.45, 2.75) is 63.2 Å². The molecular weight excluding hydrogens is 296 g/mol. The van der Waals surface area contributed by atoms with Crippen molar-refractivity contribution in [1.29, 1.82) is 0 Å². The van der Waals surface area contributed by atoms with E-state index in [0.717, 1.165) is 13.0 Å². The van der Waals surface area contributed by atoms with Crippen molar-refractivity contribution in [3.8, 4) is 0 Å². The van der Waals surface area contributed by atoms with Crippen molar-refractivity contribution >= 4 is 17.5 Å². The lowest BCUT2D eigenvalue weighted by Gasteiger charge is -2.40. The van der Waals surface area contributed by atoms with E-state index in [1.165, 1.54) is 37.7 Å². The summed E-state index contributed by atoms with van der Waals surface area (Å²) >= 11 is 5.68. The van der Waals surface area contributed by atoms with E-state index < -0.39 is 0 Å². The third kappa shape index (κ3) is 4.02. The second-order valence-electron chi connectivity index (χ2n) is 6.55. The fraction of sp³-hybridized carbons (Fsp3) is 0.611. The number of rotatable bonds is 6. The van der Waals surface area contributed by atoms with Crippen molar-refractivity contribution in [1.82, 2.24) is 10.2 Å². The number of halogens is 1. The Morgan fingerprint density at radius 3 is 2.55 bits per heavy atom. The molecule has 1 N–H and O–H groups in total. The van der Waals surface area contributed by atoms with Crippen LogP contribution in [0.3, 0.4) is 0 Å². The number of amides is 1. The van der Waals surface area contributed by atoms with Gasteiger partial charge in [-0.3, -0.25) is 9.69 Å². The lowest BCUT2D eigenvalue weighted by molar-refractivity contribution is -0.120. The molecule has 0 radical (unpaired) electrons. The molecule has 0 aliphatic heterocycles. The minimum absolute atomic E-state index is 0.0333. The summed E-state index contributed by atoms with van der Waals surface area (Å²) in [6, 6.07) is 12.1. The van der Waals surface area contributed by atoms with Crippen molar-refractivity contribution in [3.63, 3.8) is 0 Å². The Hall–Kier alpha value is -1.06. The summed E-state index contributed by atoms with van der Waals surface area (Å²) < 4.78 is 0. The van der Waals surface area contributed by atoms with Crippen LogP contribution in [0.25, 0.3) is 0 Å². The van der Waals surface area contributed by atoms with Crippen LogP contribution in [0.15, 0.2) is 30.3 Å². The van der Waals surface area contributed by atoms with Crippen LogP contribution in [-0.4, -0.2) is 34.8 Å². The third-order valence-electron chi connectivity index (χ3n) is 4.85. The van der Waals surface area contributed by atoms with Crippen LogP contribution >= 0.6 is 11.6 Å². The Kier molecular flexibility index (Phi) is 5.37. The molecule has 2 fully saturated rings. The van der Waals surface area contributed by atoms with Gasteiger partial charge in [-0.15, -0.1) is 11.6 Å². The Labute approximate surface area is 138 Å². The molecule has 0 saturated heterocycles. The molecule has 3 nitrogen and oxygen atoms in total. The minimum Gasteiger partial charge on any atom is -0.351 e. The van der Waals surface area contributed by atoms with E-state index >= 15 is 0 Å². The van der Waals surface area contributed by atoms with Crippen LogP contribution in [0.5, 0.6) is 0 Å². The Bertz CT molecular complexity index is 489. The number of hydrogen-bond donors (Lipinski definition) is 1. The monoisotopic (exact) mass is 320 g/mol. The molecule has 1 amide bonds. The second kappa shape index (κ2) is 7.47. The molecule has 2 saturated carbocycles. The number of benzene rings is 1. The minimum atomic E-state index is -0.0333. The zero-order chi connectivity index (χ0) is 15.4. The first kappa shape index (κ1) is 15.8. The highest BCUT2D eigenvalue weighted by Crippen LogP contribution is 2.35. The van der Waals surface area contributed by atoms with E-state index in [9.17, 15) is 4.79 Å². The molecule has 0 spiro atoms. The average molecular weight is 321 g/mol. The number of alkyl halides is 1. The number of nitrogens with zero attached hydrogens (tertiary/aromatic N) is 1. The van der Waals surface area contributed by atoms with Crippen LogP contribution in [0, 0.1) is 0 Å². The molecule has 0 aromatic heterocycles. The van der Waals surface area contributed by atoms with Gasteiger partial charge in [-0.25, -0.2) is 0 Å². The van der Waals surface area contributed by atoms with Gasteiger partial charge in [-0.05, 0) is 31.2 Å². The van der Waals surface area contributed by atoms with Crippen molar-refractivity contribution in [2.24, 2.45) is 0 Å². The van der Waals surface area contributed by atoms with Crippen LogP contribution in [-0.2, 0) is 11.3 Å². The van der Waals surface area contributed by atoms with Gasteiger partial charge in [0.05, 0.1) is 0 Å². The van der Waals surface area contributed by atoms with Crippen molar-refractivity contribution < 1.29 is 4.79 Å². The summed E-state index contributed by atoms with van der Waals surface area (Å²) in [6.07, 6.45) is 7.30. The zero-order valence-corrected chi connectivity index (χ0v) is 13.8. The van der Waals surface area contributed by atoms with Gasteiger partial charge in [0, 0.05) is 24.7 Å². The van der Waals surface area contributed by atoms with Gasteiger partial charge in [0.25, 0.3) is 0 Å². The van der Waals surface area contributed by atoms with E-state index in [0.29, 0.717) is 12.1 Å². The second-order valence-corrected chi connectivity index (χ2v) is 6.82. The zero-order valence-electron chi connectivity index (χ0n) is 13.0. The lowest BCUT2D eigenvalue weighted by Crippen LogP contribution is -2.54. The first-order valence-electron chi connectivity index (χ1n) is 8.43. The molecule has 120 valence electrons. The molecular formula is C18H25ClN2O. The van der Waals surface area contributed by atoms with Gasteiger partial charge in [-0.2, -0.15) is 0 Å². The summed E-state index contributed by atoms with van der Waals surface area (Å²) in [6.45, 7) is 0.990. The number of hydrogen-bond acceptors (Lipinski definition) is 2. The van der Waals surface area contributed by atoms with Gasteiger partial charge in [0.2, 0.25) is 5.91 Å². The molecule has 3 rings (SSSR count). The molecule has 2 aliphatic carbocycles. The quantitative estimate of drug-likeness (QED) is 0.816. The molecule has 2 aliphatic rings. The molecule has 0 heterocycles. The summed E-state index contributed by atoms with van der Waals surface area (Å²) in [5.74, 6) is 0.0275. The summed E-state index contributed by atoms with van der Waals surface area (Å²) in [5.41, 5.74) is 1.36. The fourth-order valence-corrected chi connectivity index (χ4v) is 3.72. The van der Waals surface area contributed by atoms with Crippen molar-refractivity contribution in [2.75, 3.05) is 5.88 Å². The fourth-order valence-electron chi connectivity index (χ4n) is 3.64. The maximum atomic E-state index is 11.7. The highest BCUT2D eigenvalue weighted by atomic mass is 35.5. The number of carbonyl (C=O) groups excluding carboxylic acids is 1. The van der Waals surface area contributed by atoms with Crippen LogP contribution in [0.1, 0.15) is 44.1 Å². The molecule has 2 atom stereocenters. The molecule has 1 aromatic rings. The van der Waals surface area contributed by atoms with Crippen molar-refractivity contribution in [3.05, 3.63) is 35.9 Å². The highest BCUT2D eigenvalue weighted by molar-refractivity contribution is 6.27. The van der Waals surface area contributed by atoms with Gasteiger partial charge in [-0.1, -0.05) is 43.2 Å². The van der Waals surface area contributed by atoms with Crippen LogP contribution in [0.4, 0.5) is 0 Å². The van der Waals surface area contributed by atoms with Gasteiger partial charge < -0.3 is 5.32 Å². The summed E-state index contributed by atoms with van der Waals surface area (Å²) in [5, 5.41) is 3.15. The Morgan fingerprint density at radius 1 is 1.14 bits per heavy atom. The summed E-state index contributed by atoms with van der Waals surface area (Å²) in [4.78, 5) is 14.4. The Balaban J connectivity index is 1.72. The largest absolute Gasteiger partial charge is 0.351 e. The predicted molar refractivity (Wildman–Crippen MR) is 89.9 cm³/mol. The Morgan fingerprint density at radius 2 is 1.86 bits per heavy atom. The predicted octanol–water partition coefficient (Wildman–Crippen LogP) is 3.32. The first-order chi connectivity index (χ1) is 10.8. The highest BCUT2D eigenvalue weighted by Gasteiger charge is 2.38. The molecule has 22 heavy (non-hydrogen) atoms. The number of nitrogens with one attached hydrogen (secondary N) is 1. The normalized spacial score (nSPS) is 25.2. The van der Waals surface area contributed by atoms with E-state index in [4.69, 9.17) is 11.6 Å². The first-order valence-corrected chi connectivity index (χ1v) is 8.96. The maximum Gasteiger partial charge on any atom is 0.235 e. The molecule has 4 heteroatoms. The topological polar surface area (TPSA) is 32.3 Å². The van der Waals surface area contributed by atoms with Gasteiger partial charge in [0.15, 0.2) is 0 Å². The van der Waals surface area contributed by atoms with Crippen LogP contribution in [0.2, 0.25) is 0 Å². The molecule has 0 bridgehead atoms. The standard InChI is InChI=1S/C18H25ClN2O/c19-12-18(22)20-16-8-4-5-9-17(16)21(15-10-11-15)13-14-6-2-1-3-7-14/h1-3,6-7,15-17H,4-5,8-13H2,(H,20,22)/t16-,17+/m1/s1. The van der Waals surface area contributed by atoms with E-state index in [2.05, 4.69) is 40.5 Å². The van der Waals surface area contributed by atoms with E-state index in [1.54, 1.807) is 0 Å². The SMILES string of the molecule is O=C(CCl)N[C@@H]1CCCC[C@@H]1N(Cc1ccccc1)C1CC1. The molecule has 0 unspecified atom stereocenters. The van der Waals surface area contributed by atoms with E-state index in [-0.39, 0.29) is 17.8 Å². The van der Waals surface area contributed by atoms with Gasteiger partial charge in [0.1, 0.15) is 5.88 Å². The maximum absolute atomic E-state index is 11.7. The van der Waals surface area contributed by atoms with Gasteiger partial charge >= 0.3 is 0 Å². The average Bonchev–Trinajstić information content (AvgIpc) is 3.39. The molecule has 1 aromatic carbocycles. The van der Waals surface area contributed by atoms with E-state index in [1.807, 2.05) is 0 Å². The third-order valence-corrected chi connectivity index (χ3v) is 5.09. The smallest absolute Gasteiger partial charge is 0.235 e. The van der Waals surface area contributed by atoms with Crippen LogP contribution < -0.4 is 5.32 Å². The summed E-state index contributed by atoms with van der Waals surface area (Å²) in [7, 11) is 0. The lowest BCUT2D eigenvalue weighted by atomic mass is 9.88.